The van der Waals surface area contributed by atoms with Gasteiger partial charge in [0.25, 0.3) is 0 Å². The summed E-state index contributed by atoms with van der Waals surface area (Å²) in [5.74, 6) is 0.651. The van der Waals surface area contributed by atoms with Gasteiger partial charge in [-0.25, -0.2) is 0 Å². The zero-order valence-corrected chi connectivity index (χ0v) is 11.5. The fourth-order valence-electron chi connectivity index (χ4n) is 2.34. The Bertz CT molecular complexity index is 384. The monoisotopic (exact) mass is 273 g/mol. The Labute approximate surface area is 112 Å². The first-order chi connectivity index (χ1) is 8.20. The Kier molecular flexibility index (Phi) is 4.69. The van der Waals surface area contributed by atoms with E-state index in [1.54, 1.807) is 7.11 Å². The van der Waals surface area contributed by atoms with Crippen molar-refractivity contribution in [3.63, 3.8) is 0 Å². The van der Waals surface area contributed by atoms with Gasteiger partial charge in [-0.2, -0.15) is 0 Å². The number of hydrogen-bond acceptors (Lipinski definition) is 2. The van der Waals surface area contributed by atoms with Gasteiger partial charge in [-0.3, -0.25) is 4.90 Å². The van der Waals surface area contributed by atoms with E-state index >= 15 is 0 Å². The van der Waals surface area contributed by atoms with E-state index in [4.69, 9.17) is 27.9 Å². The largest absolute Gasteiger partial charge is 0.384 e. The van der Waals surface area contributed by atoms with Crippen molar-refractivity contribution in [2.24, 2.45) is 5.92 Å². The lowest BCUT2D eigenvalue weighted by atomic mass is 10.1. The fourth-order valence-corrected chi connectivity index (χ4v) is 2.72. The zero-order valence-electron chi connectivity index (χ0n) is 9.96. The second-order valence-electron chi connectivity index (χ2n) is 4.56. The lowest BCUT2D eigenvalue weighted by molar-refractivity contribution is 0.152. The summed E-state index contributed by atoms with van der Waals surface area (Å²) >= 11 is 12.2. The average Bonchev–Trinajstić information content (AvgIpc) is 2.73. The molecule has 2 rings (SSSR count). The Morgan fingerprint density at radius 1 is 1.41 bits per heavy atom. The molecular formula is C13H17Cl2NO. The molecule has 0 aromatic heterocycles. The third kappa shape index (κ3) is 3.35. The Morgan fingerprint density at radius 3 is 3.00 bits per heavy atom. The molecule has 1 aliphatic rings. The van der Waals surface area contributed by atoms with E-state index in [2.05, 4.69) is 4.90 Å². The van der Waals surface area contributed by atoms with E-state index in [0.29, 0.717) is 16.0 Å². The Morgan fingerprint density at radius 2 is 2.24 bits per heavy atom. The van der Waals surface area contributed by atoms with E-state index in [0.717, 1.165) is 31.8 Å². The van der Waals surface area contributed by atoms with Gasteiger partial charge in [0.2, 0.25) is 0 Å². The minimum Gasteiger partial charge on any atom is -0.384 e. The Hall–Kier alpha value is -0.280. The molecule has 0 bridgehead atoms. The molecular weight excluding hydrogens is 257 g/mol. The summed E-state index contributed by atoms with van der Waals surface area (Å²) in [6.07, 6.45) is 1.20. The van der Waals surface area contributed by atoms with Crippen LogP contribution in [0, 0.1) is 5.92 Å². The van der Waals surface area contributed by atoms with Crippen LogP contribution in [0.3, 0.4) is 0 Å². The van der Waals surface area contributed by atoms with Crippen LogP contribution < -0.4 is 0 Å². The first-order valence-corrected chi connectivity index (χ1v) is 6.60. The molecule has 1 heterocycles. The van der Waals surface area contributed by atoms with Crippen molar-refractivity contribution in [3.05, 3.63) is 33.8 Å². The highest BCUT2D eigenvalue weighted by Crippen LogP contribution is 2.28. The first-order valence-electron chi connectivity index (χ1n) is 5.85. The number of ether oxygens (including phenoxy) is 1. The average molecular weight is 274 g/mol. The zero-order chi connectivity index (χ0) is 12.3. The van der Waals surface area contributed by atoms with Crippen molar-refractivity contribution in [1.29, 1.82) is 0 Å². The van der Waals surface area contributed by atoms with Gasteiger partial charge in [-0.15, -0.1) is 0 Å². The van der Waals surface area contributed by atoms with Crippen LogP contribution in [0.2, 0.25) is 10.0 Å². The minimum absolute atomic E-state index is 0.636. The molecule has 94 valence electrons. The molecule has 2 nitrogen and oxygen atoms in total. The first kappa shape index (κ1) is 13.2. The highest BCUT2D eigenvalue weighted by atomic mass is 35.5. The fraction of sp³-hybridized carbons (Fsp3) is 0.538. The standard InChI is InChI=1S/C13H17Cl2NO/c1-17-9-10-5-6-16(7-10)8-11-3-2-4-12(14)13(11)15/h2-4,10H,5-9H2,1H3/t10-/m0/s1. The summed E-state index contributed by atoms with van der Waals surface area (Å²) in [7, 11) is 1.76. The van der Waals surface area contributed by atoms with Crippen LogP contribution in [0.25, 0.3) is 0 Å². The van der Waals surface area contributed by atoms with E-state index < -0.39 is 0 Å². The van der Waals surface area contributed by atoms with Crippen LogP contribution in [0.15, 0.2) is 18.2 Å². The SMILES string of the molecule is COC[C@H]1CCN(Cc2cccc(Cl)c2Cl)C1. The third-order valence-electron chi connectivity index (χ3n) is 3.20. The molecule has 0 saturated carbocycles. The van der Waals surface area contributed by atoms with Crippen molar-refractivity contribution in [2.45, 2.75) is 13.0 Å². The summed E-state index contributed by atoms with van der Waals surface area (Å²) < 4.78 is 5.19. The number of nitrogens with zero attached hydrogens (tertiary/aromatic N) is 1. The van der Waals surface area contributed by atoms with Crippen LogP contribution >= 0.6 is 23.2 Å². The maximum absolute atomic E-state index is 6.19. The molecule has 1 aromatic carbocycles. The number of benzene rings is 1. The van der Waals surface area contributed by atoms with Gasteiger partial charge in [0.1, 0.15) is 0 Å². The van der Waals surface area contributed by atoms with Gasteiger partial charge in [0, 0.05) is 20.2 Å². The highest BCUT2D eigenvalue weighted by Gasteiger charge is 2.22. The molecule has 0 N–H and O–H groups in total. The number of likely N-dealkylation sites (tertiary alicyclic amines) is 1. The quantitative estimate of drug-likeness (QED) is 0.833. The van der Waals surface area contributed by atoms with Crippen molar-refractivity contribution in [3.8, 4) is 0 Å². The molecule has 0 spiro atoms. The van der Waals surface area contributed by atoms with Crippen LogP contribution in [0.4, 0.5) is 0 Å². The molecule has 1 fully saturated rings. The molecule has 17 heavy (non-hydrogen) atoms. The van der Waals surface area contributed by atoms with Crippen LogP contribution in [0.5, 0.6) is 0 Å². The lowest BCUT2D eigenvalue weighted by Crippen LogP contribution is -2.21. The predicted octanol–water partition coefficient (Wildman–Crippen LogP) is 3.46. The van der Waals surface area contributed by atoms with E-state index in [1.165, 1.54) is 6.42 Å². The highest BCUT2D eigenvalue weighted by molar-refractivity contribution is 6.42. The van der Waals surface area contributed by atoms with Gasteiger partial charge in [0.05, 0.1) is 16.7 Å². The van der Waals surface area contributed by atoms with Crippen molar-refractivity contribution in [1.82, 2.24) is 4.90 Å². The van der Waals surface area contributed by atoms with Crippen molar-refractivity contribution >= 4 is 23.2 Å². The number of methoxy groups -OCH3 is 1. The molecule has 1 aromatic rings. The maximum atomic E-state index is 6.19. The van der Waals surface area contributed by atoms with E-state index in [-0.39, 0.29) is 0 Å². The Balaban J connectivity index is 1.96. The molecule has 0 aliphatic carbocycles. The molecule has 1 atom stereocenters. The van der Waals surface area contributed by atoms with E-state index in [9.17, 15) is 0 Å². The van der Waals surface area contributed by atoms with Crippen LogP contribution in [-0.2, 0) is 11.3 Å². The minimum atomic E-state index is 0.636. The summed E-state index contributed by atoms with van der Waals surface area (Å²) in [6, 6.07) is 5.81. The number of rotatable bonds is 4. The smallest absolute Gasteiger partial charge is 0.0637 e. The normalized spacial score (nSPS) is 21.0. The summed E-state index contributed by atoms with van der Waals surface area (Å²) in [6.45, 7) is 3.91. The molecule has 0 amide bonds. The molecule has 0 radical (unpaired) electrons. The maximum Gasteiger partial charge on any atom is 0.0637 e. The van der Waals surface area contributed by atoms with Crippen molar-refractivity contribution in [2.75, 3.05) is 26.8 Å². The van der Waals surface area contributed by atoms with Crippen molar-refractivity contribution < 1.29 is 4.74 Å². The van der Waals surface area contributed by atoms with Gasteiger partial charge >= 0.3 is 0 Å². The number of hydrogen-bond donors (Lipinski definition) is 0. The summed E-state index contributed by atoms with van der Waals surface area (Å²) in [5.41, 5.74) is 1.11. The van der Waals surface area contributed by atoms with Gasteiger partial charge in [0.15, 0.2) is 0 Å². The van der Waals surface area contributed by atoms with Gasteiger partial charge in [-0.05, 0) is 30.5 Å². The van der Waals surface area contributed by atoms with Gasteiger partial charge < -0.3 is 4.74 Å². The summed E-state index contributed by atoms with van der Waals surface area (Å²) in [4.78, 5) is 2.40. The van der Waals surface area contributed by atoms with Crippen LogP contribution in [0.1, 0.15) is 12.0 Å². The topological polar surface area (TPSA) is 12.5 Å². The van der Waals surface area contributed by atoms with Crippen LogP contribution in [-0.4, -0.2) is 31.7 Å². The third-order valence-corrected chi connectivity index (χ3v) is 4.06. The summed E-state index contributed by atoms with van der Waals surface area (Å²) in [5, 5.41) is 1.32. The van der Waals surface area contributed by atoms with E-state index in [1.807, 2.05) is 18.2 Å². The molecule has 4 heteroatoms. The molecule has 0 unspecified atom stereocenters. The lowest BCUT2D eigenvalue weighted by Gasteiger charge is -2.17. The number of halogens is 2. The van der Waals surface area contributed by atoms with Gasteiger partial charge in [-0.1, -0.05) is 35.3 Å². The predicted molar refractivity (Wildman–Crippen MR) is 71.7 cm³/mol. The second-order valence-corrected chi connectivity index (χ2v) is 5.34. The molecule has 1 aliphatic heterocycles. The second kappa shape index (κ2) is 6.05. The molecule has 1 saturated heterocycles.